The van der Waals surface area contributed by atoms with E-state index in [-0.39, 0.29) is 17.5 Å². The van der Waals surface area contributed by atoms with Crippen LogP contribution in [-0.4, -0.2) is 27.9 Å². The summed E-state index contributed by atoms with van der Waals surface area (Å²) in [6.07, 6.45) is 0. The quantitative estimate of drug-likeness (QED) is 0.655. The molecule has 0 radical (unpaired) electrons. The van der Waals surface area contributed by atoms with Gasteiger partial charge in [-0.3, -0.25) is 14.8 Å². The van der Waals surface area contributed by atoms with Gasteiger partial charge in [0.25, 0.3) is 0 Å². The van der Waals surface area contributed by atoms with E-state index >= 15 is 0 Å². The Morgan fingerprint density at radius 1 is 1.41 bits per heavy atom. The van der Waals surface area contributed by atoms with Crippen molar-refractivity contribution in [2.75, 3.05) is 12.4 Å². The van der Waals surface area contributed by atoms with Gasteiger partial charge in [0, 0.05) is 29.6 Å². The lowest BCUT2D eigenvalue weighted by atomic mass is 10.2. The standard InChI is InChI=1S/C15H20N4O3/c1-10-7-12(3)18(17-10)9-11(2)16-13-5-6-14(19(20)21)15(8-13)22-4/h5-8,11,16H,9H2,1-4H3/t11-/m0/s1. The number of benzene rings is 1. The normalized spacial score (nSPS) is 12.0. The van der Waals surface area contributed by atoms with Gasteiger partial charge in [-0.2, -0.15) is 5.10 Å². The fraction of sp³-hybridized carbons (Fsp3) is 0.400. The molecule has 0 fully saturated rings. The summed E-state index contributed by atoms with van der Waals surface area (Å²) in [7, 11) is 1.42. The summed E-state index contributed by atoms with van der Waals surface area (Å²) < 4.78 is 7.01. The minimum atomic E-state index is -0.456. The fourth-order valence-electron chi connectivity index (χ4n) is 2.37. The molecule has 1 heterocycles. The first-order valence-electron chi connectivity index (χ1n) is 7.00. The summed E-state index contributed by atoms with van der Waals surface area (Å²) >= 11 is 0. The van der Waals surface area contributed by atoms with Crippen LogP contribution < -0.4 is 10.1 Å². The van der Waals surface area contributed by atoms with Crippen molar-refractivity contribution < 1.29 is 9.66 Å². The molecule has 1 N–H and O–H groups in total. The Balaban J connectivity index is 2.10. The van der Waals surface area contributed by atoms with Crippen LogP contribution in [0.5, 0.6) is 5.75 Å². The van der Waals surface area contributed by atoms with Crippen LogP contribution in [0, 0.1) is 24.0 Å². The van der Waals surface area contributed by atoms with Gasteiger partial charge in [-0.15, -0.1) is 0 Å². The molecule has 2 rings (SSSR count). The van der Waals surface area contributed by atoms with Crippen LogP contribution in [0.25, 0.3) is 0 Å². The number of aromatic nitrogens is 2. The highest BCUT2D eigenvalue weighted by Gasteiger charge is 2.15. The lowest BCUT2D eigenvalue weighted by Gasteiger charge is -2.17. The van der Waals surface area contributed by atoms with Gasteiger partial charge in [-0.1, -0.05) is 0 Å². The van der Waals surface area contributed by atoms with E-state index in [1.165, 1.54) is 13.2 Å². The Morgan fingerprint density at radius 2 is 2.14 bits per heavy atom. The topological polar surface area (TPSA) is 82.2 Å². The average molecular weight is 304 g/mol. The number of methoxy groups -OCH3 is 1. The Labute approximate surface area is 129 Å². The fourth-order valence-corrected chi connectivity index (χ4v) is 2.37. The molecule has 0 aliphatic heterocycles. The summed E-state index contributed by atoms with van der Waals surface area (Å²) in [4.78, 5) is 10.4. The molecule has 118 valence electrons. The number of anilines is 1. The zero-order chi connectivity index (χ0) is 16.3. The van der Waals surface area contributed by atoms with Crippen LogP contribution in [0.3, 0.4) is 0 Å². The molecular formula is C15H20N4O3. The molecule has 7 heteroatoms. The highest BCUT2D eigenvalue weighted by Crippen LogP contribution is 2.29. The lowest BCUT2D eigenvalue weighted by Crippen LogP contribution is -2.23. The molecule has 0 aliphatic carbocycles. The van der Waals surface area contributed by atoms with Crippen molar-refractivity contribution in [3.05, 3.63) is 45.8 Å². The van der Waals surface area contributed by atoms with Gasteiger partial charge in [0.2, 0.25) is 0 Å². The molecule has 0 aliphatic rings. The van der Waals surface area contributed by atoms with E-state index in [1.807, 2.05) is 31.5 Å². The molecule has 1 aromatic carbocycles. The third-order valence-electron chi connectivity index (χ3n) is 3.34. The summed E-state index contributed by atoms with van der Waals surface area (Å²) in [5, 5.41) is 18.6. The van der Waals surface area contributed by atoms with Crippen molar-refractivity contribution in [3.8, 4) is 5.75 Å². The average Bonchev–Trinajstić information content (AvgIpc) is 2.76. The van der Waals surface area contributed by atoms with Crippen LogP contribution in [0.1, 0.15) is 18.3 Å². The molecule has 0 bridgehead atoms. The second kappa shape index (κ2) is 6.46. The largest absolute Gasteiger partial charge is 0.490 e. The zero-order valence-corrected chi connectivity index (χ0v) is 13.2. The molecule has 0 spiro atoms. The Hall–Kier alpha value is -2.57. The van der Waals surface area contributed by atoms with Crippen LogP contribution in [-0.2, 0) is 6.54 Å². The molecule has 2 aromatic rings. The van der Waals surface area contributed by atoms with Gasteiger partial charge >= 0.3 is 5.69 Å². The van der Waals surface area contributed by atoms with Gasteiger partial charge in [-0.25, -0.2) is 0 Å². The summed E-state index contributed by atoms with van der Waals surface area (Å²) in [5.41, 5.74) is 2.82. The van der Waals surface area contributed by atoms with Gasteiger partial charge in [0.05, 0.1) is 24.3 Å². The summed E-state index contributed by atoms with van der Waals surface area (Å²) in [6.45, 7) is 6.72. The number of hydrogen-bond donors (Lipinski definition) is 1. The van der Waals surface area contributed by atoms with E-state index in [4.69, 9.17) is 4.74 Å². The van der Waals surface area contributed by atoms with Crippen LogP contribution in [0.2, 0.25) is 0 Å². The van der Waals surface area contributed by atoms with Crippen LogP contribution in [0.4, 0.5) is 11.4 Å². The zero-order valence-electron chi connectivity index (χ0n) is 13.2. The predicted molar refractivity (Wildman–Crippen MR) is 84.4 cm³/mol. The highest BCUT2D eigenvalue weighted by molar-refractivity contribution is 5.58. The molecule has 7 nitrogen and oxygen atoms in total. The maximum atomic E-state index is 10.9. The molecule has 0 saturated carbocycles. The minimum absolute atomic E-state index is 0.0424. The number of ether oxygens (including phenoxy) is 1. The van der Waals surface area contributed by atoms with E-state index in [1.54, 1.807) is 12.1 Å². The molecule has 1 aromatic heterocycles. The predicted octanol–water partition coefficient (Wildman–Crippen LogP) is 2.92. The number of rotatable bonds is 6. The maximum absolute atomic E-state index is 10.9. The molecular weight excluding hydrogens is 284 g/mol. The first-order chi connectivity index (χ1) is 10.4. The SMILES string of the molecule is COc1cc(N[C@@H](C)Cn2nc(C)cc2C)ccc1[N+](=O)[O-]. The van der Waals surface area contributed by atoms with Crippen molar-refractivity contribution in [1.29, 1.82) is 0 Å². The first-order valence-corrected chi connectivity index (χ1v) is 7.00. The first kappa shape index (κ1) is 15.8. The number of nitro groups is 1. The van der Waals surface area contributed by atoms with E-state index in [2.05, 4.69) is 10.4 Å². The van der Waals surface area contributed by atoms with Crippen LogP contribution >= 0.6 is 0 Å². The number of aryl methyl sites for hydroxylation is 2. The van der Waals surface area contributed by atoms with Crippen molar-refractivity contribution in [2.24, 2.45) is 0 Å². The van der Waals surface area contributed by atoms with Crippen molar-refractivity contribution >= 4 is 11.4 Å². The molecule has 22 heavy (non-hydrogen) atoms. The Kier molecular flexibility index (Phi) is 4.65. The number of hydrogen-bond acceptors (Lipinski definition) is 5. The third kappa shape index (κ3) is 3.55. The van der Waals surface area contributed by atoms with Crippen molar-refractivity contribution in [1.82, 2.24) is 9.78 Å². The number of nitro benzene ring substituents is 1. The molecule has 1 atom stereocenters. The van der Waals surface area contributed by atoms with E-state index in [0.717, 1.165) is 17.1 Å². The number of nitrogens with zero attached hydrogens (tertiary/aromatic N) is 3. The van der Waals surface area contributed by atoms with E-state index in [0.29, 0.717) is 6.54 Å². The third-order valence-corrected chi connectivity index (χ3v) is 3.34. The van der Waals surface area contributed by atoms with Gasteiger partial charge in [0.1, 0.15) is 0 Å². The van der Waals surface area contributed by atoms with Gasteiger partial charge in [-0.05, 0) is 32.9 Å². The minimum Gasteiger partial charge on any atom is -0.490 e. The molecule has 0 saturated heterocycles. The lowest BCUT2D eigenvalue weighted by molar-refractivity contribution is -0.385. The summed E-state index contributed by atoms with van der Waals surface area (Å²) in [6, 6.07) is 6.90. The van der Waals surface area contributed by atoms with Crippen molar-refractivity contribution in [3.63, 3.8) is 0 Å². The smallest absolute Gasteiger partial charge is 0.311 e. The second-order valence-corrected chi connectivity index (χ2v) is 5.30. The van der Waals surface area contributed by atoms with Gasteiger partial charge < -0.3 is 10.1 Å². The van der Waals surface area contributed by atoms with Crippen LogP contribution in [0.15, 0.2) is 24.3 Å². The molecule has 0 amide bonds. The van der Waals surface area contributed by atoms with E-state index < -0.39 is 4.92 Å². The molecule has 0 unspecified atom stereocenters. The Morgan fingerprint density at radius 3 is 2.68 bits per heavy atom. The monoisotopic (exact) mass is 304 g/mol. The maximum Gasteiger partial charge on any atom is 0.311 e. The number of nitrogens with one attached hydrogen (secondary N) is 1. The Bertz CT molecular complexity index is 681. The highest BCUT2D eigenvalue weighted by atomic mass is 16.6. The second-order valence-electron chi connectivity index (χ2n) is 5.30. The summed E-state index contributed by atoms with van der Waals surface area (Å²) in [5.74, 6) is 0.244. The van der Waals surface area contributed by atoms with Crippen molar-refractivity contribution in [2.45, 2.75) is 33.4 Å². The van der Waals surface area contributed by atoms with E-state index in [9.17, 15) is 10.1 Å². The van der Waals surface area contributed by atoms with Gasteiger partial charge in [0.15, 0.2) is 5.75 Å².